The molecule has 1 aliphatic heterocycles. The van der Waals surface area contributed by atoms with Crippen LogP contribution >= 0.6 is 0 Å². The summed E-state index contributed by atoms with van der Waals surface area (Å²) in [5.74, 6) is 0.310. The highest BCUT2D eigenvalue weighted by molar-refractivity contribution is 7.87. The molecule has 8 nitrogen and oxygen atoms in total. The van der Waals surface area contributed by atoms with Crippen molar-refractivity contribution in [1.82, 2.24) is 0 Å². The first kappa shape index (κ1) is 22.1. The largest absolute Gasteiger partial charge is 0.497 e. The van der Waals surface area contributed by atoms with Gasteiger partial charge in [-0.2, -0.15) is 8.42 Å². The molecule has 0 atom stereocenters. The minimum atomic E-state index is -4.10. The lowest BCUT2D eigenvalue weighted by molar-refractivity contribution is -0.129. The number of carbonyl (C=O) groups excluding carboxylic acids is 1. The minimum Gasteiger partial charge on any atom is -0.497 e. The molecule has 0 fully saturated rings. The van der Waals surface area contributed by atoms with Crippen LogP contribution in [0.5, 0.6) is 17.2 Å². The molecule has 0 aliphatic carbocycles. The van der Waals surface area contributed by atoms with E-state index in [2.05, 4.69) is 4.99 Å². The van der Waals surface area contributed by atoms with Gasteiger partial charge >= 0.3 is 16.1 Å². The fourth-order valence-corrected chi connectivity index (χ4v) is 3.96. The third-order valence-electron chi connectivity index (χ3n) is 4.68. The monoisotopic (exact) mass is 465 g/mol. The fraction of sp³-hybridized carbons (Fsp3) is 0.0833. The summed E-state index contributed by atoms with van der Waals surface area (Å²) in [5, 5.41) is 0. The topological polar surface area (TPSA) is 100 Å². The molecule has 0 aromatic heterocycles. The number of benzene rings is 3. The summed E-state index contributed by atoms with van der Waals surface area (Å²) in [7, 11) is -1.23. The van der Waals surface area contributed by atoms with Crippen molar-refractivity contribution >= 4 is 28.1 Å². The Bertz CT molecular complexity index is 1350. The summed E-state index contributed by atoms with van der Waals surface area (Å²) < 4.78 is 46.1. The van der Waals surface area contributed by atoms with Gasteiger partial charge in [-0.05, 0) is 60.2 Å². The van der Waals surface area contributed by atoms with Crippen LogP contribution in [-0.2, 0) is 19.6 Å². The molecule has 0 N–H and O–H groups in total. The van der Waals surface area contributed by atoms with Crippen LogP contribution in [0.25, 0.3) is 6.08 Å². The zero-order valence-electron chi connectivity index (χ0n) is 17.7. The van der Waals surface area contributed by atoms with E-state index >= 15 is 0 Å². The van der Waals surface area contributed by atoms with Crippen molar-refractivity contribution in [2.75, 3.05) is 14.2 Å². The lowest BCUT2D eigenvalue weighted by Gasteiger charge is -2.11. The maximum absolute atomic E-state index is 12.6. The van der Waals surface area contributed by atoms with E-state index in [0.717, 1.165) is 0 Å². The van der Waals surface area contributed by atoms with Crippen molar-refractivity contribution < 1.29 is 31.6 Å². The number of rotatable bonds is 7. The van der Waals surface area contributed by atoms with Gasteiger partial charge in [0, 0.05) is 5.56 Å². The minimum absolute atomic E-state index is 0.00191. The van der Waals surface area contributed by atoms with Crippen molar-refractivity contribution in [3.05, 3.63) is 89.6 Å². The molecule has 3 aromatic carbocycles. The Kier molecular flexibility index (Phi) is 6.14. The van der Waals surface area contributed by atoms with Gasteiger partial charge in [0.05, 0.1) is 14.2 Å². The highest BCUT2D eigenvalue weighted by atomic mass is 32.2. The maximum Gasteiger partial charge on any atom is 0.363 e. The number of methoxy groups -OCH3 is 2. The lowest BCUT2D eigenvalue weighted by Crippen LogP contribution is -2.10. The predicted molar refractivity (Wildman–Crippen MR) is 121 cm³/mol. The number of aliphatic imine (C=N–C) groups is 1. The molecule has 1 heterocycles. The predicted octanol–water partition coefficient (Wildman–Crippen LogP) is 3.82. The van der Waals surface area contributed by atoms with Crippen LogP contribution < -0.4 is 13.7 Å². The van der Waals surface area contributed by atoms with Crippen LogP contribution in [0.4, 0.5) is 0 Å². The summed E-state index contributed by atoms with van der Waals surface area (Å²) in [4.78, 5) is 16.4. The van der Waals surface area contributed by atoms with Crippen molar-refractivity contribution in [3.8, 4) is 17.2 Å². The smallest absolute Gasteiger partial charge is 0.363 e. The molecule has 3 aromatic rings. The SMILES string of the molecule is COc1ccc(S(=O)(=O)Oc2ccc(C=C3N=C(c4ccccc4)OC3=O)cc2OC)cc1. The van der Waals surface area contributed by atoms with Crippen LogP contribution in [0.15, 0.2) is 88.4 Å². The number of hydrogen-bond donors (Lipinski definition) is 0. The van der Waals surface area contributed by atoms with Gasteiger partial charge in [0.1, 0.15) is 10.6 Å². The first-order chi connectivity index (χ1) is 15.9. The standard InChI is InChI=1S/C24H19NO7S/c1-29-18-9-11-19(12-10-18)33(27,28)32-21-13-8-16(15-22(21)30-2)14-20-24(26)31-23(25-20)17-6-4-3-5-7-17/h3-15H,1-2H3. The van der Waals surface area contributed by atoms with Gasteiger partial charge in [0.25, 0.3) is 0 Å². The number of esters is 1. The van der Waals surface area contributed by atoms with Crippen LogP contribution in [-0.4, -0.2) is 34.5 Å². The molecule has 0 radical (unpaired) electrons. The van der Waals surface area contributed by atoms with Crippen LogP contribution in [0.1, 0.15) is 11.1 Å². The fourth-order valence-electron chi connectivity index (χ4n) is 3.02. The number of cyclic esters (lactones) is 1. The van der Waals surface area contributed by atoms with Crippen LogP contribution in [0.3, 0.4) is 0 Å². The summed E-state index contributed by atoms with van der Waals surface area (Å²) in [6.45, 7) is 0. The first-order valence-electron chi connectivity index (χ1n) is 9.74. The summed E-state index contributed by atoms with van der Waals surface area (Å²) >= 11 is 0. The molecule has 0 spiro atoms. The van der Waals surface area contributed by atoms with E-state index in [4.69, 9.17) is 18.4 Å². The molecule has 1 aliphatic rings. The number of carbonyl (C=O) groups is 1. The van der Waals surface area contributed by atoms with Gasteiger partial charge in [-0.15, -0.1) is 0 Å². The number of hydrogen-bond acceptors (Lipinski definition) is 8. The van der Waals surface area contributed by atoms with Gasteiger partial charge in [-0.25, -0.2) is 9.79 Å². The van der Waals surface area contributed by atoms with Gasteiger partial charge in [-0.3, -0.25) is 0 Å². The van der Waals surface area contributed by atoms with Crippen molar-refractivity contribution in [3.63, 3.8) is 0 Å². The third kappa shape index (κ3) is 4.88. The van der Waals surface area contributed by atoms with Gasteiger partial charge < -0.3 is 18.4 Å². The molecular weight excluding hydrogens is 446 g/mol. The lowest BCUT2D eigenvalue weighted by atomic mass is 10.1. The Morgan fingerprint density at radius 3 is 2.27 bits per heavy atom. The molecule has 33 heavy (non-hydrogen) atoms. The second-order valence-electron chi connectivity index (χ2n) is 6.83. The Hall–Kier alpha value is -4.11. The van der Waals surface area contributed by atoms with Crippen molar-refractivity contribution in [2.24, 2.45) is 4.99 Å². The molecule has 168 valence electrons. The molecule has 0 saturated carbocycles. The summed E-state index contributed by atoms with van der Waals surface area (Å²) in [5.41, 5.74) is 1.33. The van der Waals surface area contributed by atoms with E-state index in [1.54, 1.807) is 18.2 Å². The third-order valence-corrected chi connectivity index (χ3v) is 5.93. The second kappa shape index (κ2) is 9.17. The van der Waals surface area contributed by atoms with E-state index < -0.39 is 16.1 Å². The highest BCUT2D eigenvalue weighted by Crippen LogP contribution is 2.32. The van der Waals surface area contributed by atoms with E-state index in [-0.39, 0.29) is 28.0 Å². The van der Waals surface area contributed by atoms with E-state index in [1.807, 2.05) is 18.2 Å². The Balaban J connectivity index is 1.59. The summed E-state index contributed by atoms with van der Waals surface area (Å²) in [6, 6.07) is 19.4. The Labute approximate surface area is 190 Å². The average molecular weight is 465 g/mol. The van der Waals surface area contributed by atoms with Gasteiger partial charge in [0.15, 0.2) is 17.2 Å². The molecular formula is C24H19NO7S. The van der Waals surface area contributed by atoms with Crippen molar-refractivity contribution in [2.45, 2.75) is 4.90 Å². The van der Waals surface area contributed by atoms with Gasteiger partial charge in [0.2, 0.25) is 5.90 Å². The highest BCUT2D eigenvalue weighted by Gasteiger charge is 2.24. The zero-order chi connectivity index (χ0) is 23.4. The molecule has 9 heteroatoms. The quantitative estimate of drug-likeness (QED) is 0.297. The average Bonchev–Trinajstić information content (AvgIpc) is 3.20. The number of nitrogens with zero attached hydrogens (tertiary/aromatic N) is 1. The van der Waals surface area contributed by atoms with Crippen LogP contribution in [0, 0.1) is 0 Å². The summed E-state index contributed by atoms with van der Waals surface area (Å²) in [6.07, 6.45) is 1.52. The molecule has 4 rings (SSSR count). The molecule has 0 amide bonds. The van der Waals surface area contributed by atoms with Crippen LogP contribution in [0.2, 0.25) is 0 Å². The van der Waals surface area contributed by atoms with E-state index in [1.165, 1.54) is 56.7 Å². The molecule has 0 saturated heterocycles. The normalized spacial score (nSPS) is 14.5. The van der Waals surface area contributed by atoms with Crippen molar-refractivity contribution in [1.29, 1.82) is 0 Å². The molecule has 0 unspecified atom stereocenters. The van der Waals surface area contributed by atoms with Gasteiger partial charge in [-0.1, -0.05) is 24.3 Å². The maximum atomic E-state index is 12.6. The molecule has 0 bridgehead atoms. The Morgan fingerprint density at radius 1 is 0.879 bits per heavy atom. The first-order valence-corrected chi connectivity index (χ1v) is 11.1. The zero-order valence-corrected chi connectivity index (χ0v) is 18.5. The Morgan fingerprint density at radius 2 is 1.61 bits per heavy atom. The number of ether oxygens (including phenoxy) is 3. The second-order valence-corrected chi connectivity index (χ2v) is 8.37. The van der Waals surface area contributed by atoms with E-state index in [9.17, 15) is 13.2 Å². The van der Waals surface area contributed by atoms with E-state index in [0.29, 0.717) is 16.9 Å².